The Balaban J connectivity index is 2.16. The van der Waals surface area contributed by atoms with Crippen molar-refractivity contribution in [2.45, 2.75) is 45.7 Å². The molecular weight excluding hydrogens is 400 g/mol. The third-order valence-electron chi connectivity index (χ3n) is 4.83. The van der Waals surface area contributed by atoms with E-state index in [1.807, 2.05) is 0 Å². The molecule has 0 spiro atoms. The van der Waals surface area contributed by atoms with Gasteiger partial charge in [-0.25, -0.2) is 15.0 Å². The van der Waals surface area contributed by atoms with Crippen molar-refractivity contribution in [1.82, 2.24) is 35.1 Å². The van der Waals surface area contributed by atoms with Gasteiger partial charge in [-0.2, -0.15) is 0 Å². The van der Waals surface area contributed by atoms with Crippen LogP contribution in [0.3, 0.4) is 0 Å². The molecular formula is C19H32N10O2. The summed E-state index contributed by atoms with van der Waals surface area (Å²) in [6, 6.07) is -0.570. The molecule has 2 heterocycles. The SMILES string of the molecule is CCCNCCN(C(=O)Cn1cnc2c(N)ncnc21)[C@H](CCCNC(=N)N)C(C)=O. The molecule has 2 aromatic heterocycles. The van der Waals surface area contributed by atoms with Crippen molar-refractivity contribution in [2.75, 3.05) is 31.9 Å². The molecule has 0 fully saturated rings. The van der Waals surface area contributed by atoms with Crippen molar-refractivity contribution in [1.29, 1.82) is 5.41 Å². The van der Waals surface area contributed by atoms with Gasteiger partial charge in [0, 0.05) is 19.6 Å². The lowest BCUT2D eigenvalue weighted by Gasteiger charge is -2.31. The minimum absolute atomic E-state index is 0.0177. The average Bonchev–Trinajstić information content (AvgIpc) is 3.12. The molecule has 170 valence electrons. The van der Waals surface area contributed by atoms with Crippen LogP contribution in [0, 0.1) is 5.41 Å². The number of anilines is 1. The molecule has 31 heavy (non-hydrogen) atoms. The number of hydrogen-bond donors (Lipinski definition) is 5. The summed E-state index contributed by atoms with van der Waals surface area (Å²) in [7, 11) is 0. The first-order valence-corrected chi connectivity index (χ1v) is 10.3. The molecule has 0 aliphatic carbocycles. The molecule has 7 N–H and O–H groups in total. The number of carbonyl (C=O) groups excluding carboxylic acids is 2. The third kappa shape index (κ3) is 6.88. The van der Waals surface area contributed by atoms with E-state index < -0.39 is 6.04 Å². The minimum Gasteiger partial charge on any atom is -0.382 e. The molecule has 0 saturated heterocycles. The van der Waals surface area contributed by atoms with Crippen molar-refractivity contribution in [3.8, 4) is 0 Å². The highest BCUT2D eigenvalue weighted by atomic mass is 16.2. The van der Waals surface area contributed by atoms with E-state index in [9.17, 15) is 9.59 Å². The summed E-state index contributed by atoms with van der Waals surface area (Å²) in [4.78, 5) is 39.5. The number of amides is 1. The predicted molar refractivity (Wildman–Crippen MR) is 118 cm³/mol. The van der Waals surface area contributed by atoms with Gasteiger partial charge in [-0.1, -0.05) is 6.92 Å². The largest absolute Gasteiger partial charge is 0.382 e. The van der Waals surface area contributed by atoms with E-state index >= 15 is 0 Å². The number of ketones is 1. The Morgan fingerprint density at radius 3 is 2.71 bits per heavy atom. The first-order valence-electron chi connectivity index (χ1n) is 10.3. The molecule has 1 amide bonds. The molecule has 12 nitrogen and oxygen atoms in total. The van der Waals surface area contributed by atoms with Gasteiger partial charge >= 0.3 is 0 Å². The van der Waals surface area contributed by atoms with Crippen LogP contribution in [0.1, 0.15) is 33.1 Å². The summed E-state index contributed by atoms with van der Waals surface area (Å²) < 4.78 is 1.61. The van der Waals surface area contributed by atoms with E-state index in [4.69, 9.17) is 16.9 Å². The van der Waals surface area contributed by atoms with Crippen LogP contribution >= 0.6 is 0 Å². The lowest BCUT2D eigenvalue weighted by atomic mass is 10.1. The number of imidazole rings is 1. The van der Waals surface area contributed by atoms with Gasteiger partial charge in [-0.3, -0.25) is 15.0 Å². The highest BCUT2D eigenvalue weighted by Crippen LogP contribution is 2.16. The van der Waals surface area contributed by atoms with Crippen LogP contribution in [0.25, 0.3) is 11.2 Å². The van der Waals surface area contributed by atoms with Crippen molar-refractivity contribution in [2.24, 2.45) is 5.73 Å². The zero-order chi connectivity index (χ0) is 22.8. The van der Waals surface area contributed by atoms with E-state index in [1.165, 1.54) is 19.6 Å². The zero-order valence-corrected chi connectivity index (χ0v) is 18.1. The first-order chi connectivity index (χ1) is 14.8. The second kappa shape index (κ2) is 11.8. The zero-order valence-electron chi connectivity index (χ0n) is 18.1. The van der Waals surface area contributed by atoms with Crippen LogP contribution in [0.4, 0.5) is 5.82 Å². The fourth-order valence-electron chi connectivity index (χ4n) is 3.30. The number of nitrogens with two attached hydrogens (primary N) is 2. The van der Waals surface area contributed by atoms with Crippen LogP contribution in [0.2, 0.25) is 0 Å². The maximum absolute atomic E-state index is 13.2. The molecule has 0 aliphatic rings. The standard InChI is InChI=1S/C19H32N10O2/c1-3-6-23-8-9-29(14(13(2)30)5-4-7-24-19(21)22)15(31)10-28-12-27-16-17(20)25-11-26-18(16)28/h11-12,14,23H,3-10H2,1-2H3,(H2,20,25,26)(H4,21,22,24)/t14-/m1/s1. The minimum atomic E-state index is -0.570. The van der Waals surface area contributed by atoms with Crippen molar-refractivity contribution in [3.05, 3.63) is 12.7 Å². The van der Waals surface area contributed by atoms with Crippen LogP contribution in [0.15, 0.2) is 12.7 Å². The maximum atomic E-state index is 13.2. The normalized spacial score (nSPS) is 11.9. The summed E-state index contributed by atoms with van der Waals surface area (Å²) in [5.41, 5.74) is 12.0. The lowest BCUT2D eigenvalue weighted by Crippen LogP contribution is -2.48. The third-order valence-corrected chi connectivity index (χ3v) is 4.83. The monoisotopic (exact) mass is 432 g/mol. The summed E-state index contributed by atoms with van der Waals surface area (Å²) in [6.07, 6.45) is 4.86. The number of aromatic nitrogens is 4. The Bertz CT molecular complexity index is 897. The Morgan fingerprint density at radius 2 is 2.03 bits per heavy atom. The van der Waals surface area contributed by atoms with Gasteiger partial charge in [0.15, 0.2) is 23.2 Å². The van der Waals surface area contributed by atoms with E-state index in [0.717, 1.165) is 13.0 Å². The topological polar surface area (TPSA) is 181 Å². The van der Waals surface area contributed by atoms with Crippen LogP contribution < -0.4 is 22.1 Å². The fourth-order valence-corrected chi connectivity index (χ4v) is 3.30. The average molecular weight is 433 g/mol. The molecule has 0 aromatic carbocycles. The number of Topliss-reactive ketones (excluding diaryl/α,β-unsaturated/α-hetero) is 1. The number of rotatable bonds is 13. The molecule has 0 bridgehead atoms. The lowest BCUT2D eigenvalue weighted by molar-refractivity contribution is -0.139. The van der Waals surface area contributed by atoms with E-state index in [2.05, 4.69) is 32.5 Å². The first kappa shape index (κ1) is 24.0. The summed E-state index contributed by atoms with van der Waals surface area (Å²) >= 11 is 0. The Hall–Kier alpha value is -3.28. The Morgan fingerprint density at radius 1 is 1.26 bits per heavy atom. The highest BCUT2D eigenvalue weighted by molar-refractivity contribution is 5.88. The van der Waals surface area contributed by atoms with Crippen LogP contribution in [0.5, 0.6) is 0 Å². The molecule has 2 rings (SSSR count). The van der Waals surface area contributed by atoms with Crippen molar-refractivity contribution < 1.29 is 9.59 Å². The summed E-state index contributed by atoms with van der Waals surface area (Å²) in [5, 5.41) is 13.2. The summed E-state index contributed by atoms with van der Waals surface area (Å²) in [5.74, 6) is -0.177. The van der Waals surface area contributed by atoms with Gasteiger partial charge in [0.25, 0.3) is 0 Å². The number of nitrogen functional groups attached to an aromatic ring is 1. The fraction of sp³-hybridized carbons (Fsp3) is 0.579. The van der Waals surface area contributed by atoms with E-state index in [0.29, 0.717) is 43.6 Å². The second-order valence-electron chi connectivity index (χ2n) is 7.25. The van der Waals surface area contributed by atoms with Gasteiger partial charge in [0.1, 0.15) is 18.4 Å². The van der Waals surface area contributed by atoms with E-state index in [-0.39, 0.29) is 30.0 Å². The van der Waals surface area contributed by atoms with Gasteiger partial charge < -0.3 is 31.6 Å². The predicted octanol–water partition coefficient (Wildman–Crippen LogP) is -0.542. The van der Waals surface area contributed by atoms with E-state index in [1.54, 1.807) is 9.47 Å². The van der Waals surface area contributed by atoms with Crippen LogP contribution in [-0.4, -0.2) is 74.3 Å². The quantitative estimate of drug-likeness (QED) is 0.158. The number of guanidine groups is 1. The van der Waals surface area contributed by atoms with Crippen molar-refractivity contribution >= 4 is 34.6 Å². The Kier molecular flexibility index (Phi) is 9.13. The molecule has 12 heteroatoms. The Labute approximate surface area is 181 Å². The van der Waals surface area contributed by atoms with Gasteiger partial charge in [0.2, 0.25) is 5.91 Å². The molecule has 0 radical (unpaired) electrons. The van der Waals surface area contributed by atoms with Gasteiger partial charge in [0.05, 0.1) is 12.4 Å². The highest BCUT2D eigenvalue weighted by Gasteiger charge is 2.27. The number of nitrogens with zero attached hydrogens (tertiary/aromatic N) is 5. The number of nitrogens with one attached hydrogen (secondary N) is 3. The van der Waals surface area contributed by atoms with Crippen LogP contribution in [-0.2, 0) is 16.1 Å². The molecule has 2 aromatic rings. The molecule has 0 unspecified atom stereocenters. The summed E-state index contributed by atoms with van der Waals surface area (Å²) in [6.45, 7) is 5.80. The number of hydrogen-bond acceptors (Lipinski definition) is 8. The number of carbonyl (C=O) groups is 2. The second-order valence-corrected chi connectivity index (χ2v) is 7.25. The van der Waals surface area contributed by atoms with Gasteiger partial charge in [-0.05, 0) is 32.7 Å². The smallest absolute Gasteiger partial charge is 0.243 e. The molecule has 0 aliphatic heterocycles. The molecule has 0 saturated carbocycles. The van der Waals surface area contributed by atoms with Gasteiger partial charge in [-0.15, -0.1) is 0 Å². The van der Waals surface area contributed by atoms with Crippen molar-refractivity contribution in [3.63, 3.8) is 0 Å². The maximum Gasteiger partial charge on any atom is 0.243 e. The number of fused-ring (bicyclic) bond motifs is 1. The molecule has 1 atom stereocenters.